The molecule has 2 nitrogen and oxygen atoms in total. The van der Waals surface area contributed by atoms with Crippen LogP contribution in [0.5, 0.6) is 0 Å². The van der Waals surface area contributed by atoms with Gasteiger partial charge < -0.3 is 4.55 Å². The number of rotatable bonds is 2. The molecule has 0 aliphatic rings. The minimum absolute atomic E-state index is 0. The molecule has 0 bridgehead atoms. The van der Waals surface area contributed by atoms with Crippen molar-refractivity contribution in [3.63, 3.8) is 0 Å². The van der Waals surface area contributed by atoms with Crippen LogP contribution in [0.4, 0.5) is 4.39 Å². The molecule has 13 heavy (non-hydrogen) atoms. The molecule has 0 aliphatic carbocycles. The summed E-state index contributed by atoms with van der Waals surface area (Å²) in [4.78, 5) is 0. The molecule has 66 valence electrons. The molecule has 0 fully saturated rings. The molecule has 0 aliphatic heterocycles. The molecule has 1 aromatic rings. The van der Waals surface area contributed by atoms with Gasteiger partial charge in [0.05, 0.1) is 0 Å². The van der Waals surface area contributed by atoms with Gasteiger partial charge in [0, 0.05) is 10.2 Å². The molecule has 1 atom stereocenters. The number of hydrogen-bond acceptors (Lipinski definition) is 2. The summed E-state index contributed by atoms with van der Waals surface area (Å²) in [5, 5.41) is 0. The van der Waals surface area contributed by atoms with E-state index < -0.39 is 16.9 Å². The Morgan fingerprint density at radius 2 is 2.15 bits per heavy atom. The molecule has 1 unspecified atom stereocenters. The van der Waals surface area contributed by atoms with E-state index >= 15 is 0 Å². The number of benzene rings is 1. The van der Waals surface area contributed by atoms with Crippen molar-refractivity contribution in [2.24, 2.45) is 0 Å². The summed E-state index contributed by atoms with van der Waals surface area (Å²) in [7, 11) is 0. The maximum absolute atomic E-state index is 12.6. The zero-order valence-corrected chi connectivity index (χ0v) is 11.3. The van der Waals surface area contributed by atoms with Crippen molar-refractivity contribution < 1.29 is 42.7 Å². The van der Waals surface area contributed by atoms with Crippen LogP contribution >= 0.6 is 15.9 Å². The molecule has 0 radical (unpaired) electrons. The Bertz CT molecular complexity index is 321. The van der Waals surface area contributed by atoms with Crippen molar-refractivity contribution >= 4 is 27.0 Å². The van der Waals surface area contributed by atoms with Crippen LogP contribution in [0.3, 0.4) is 0 Å². The number of halogens is 2. The van der Waals surface area contributed by atoms with E-state index in [1.54, 1.807) is 0 Å². The van der Waals surface area contributed by atoms with Crippen LogP contribution in [0, 0.1) is 5.82 Å². The molecule has 0 N–H and O–H groups in total. The zero-order chi connectivity index (χ0) is 9.14. The van der Waals surface area contributed by atoms with Crippen molar-refractivity contribution in [3.05, 3.63) is 34.1 Å². The van der Waals surface area contributed by atoms with Crippen LogP contribution in [0.2, 0.25) is 0 Å². The maximum atomic E-state index is 12.6. The van der Waals surface area contributed by atoms with Gasteiger partial charge in [-0.3, -0.25) is 4.21 Å². The van der Waals surface area contributed by atoms with E-state index in [1.807, 2.05) is 0 Å². The van der Waals surface area contributed by atoms with E-state index in [0.29, 0.717) is 10.0 Å². The minimum Gasteiger partial charge on any atom is -0.772 e. The Morgan fingerprint density at radius 3 is 2.69 bits per heavy atom. The van der Waals surface area contributed by atoms with Crippen LogP contribution in [0.1, 0.15) is 5.56 Å². The van der Waals surface area contributed by atoms with E-state index in [2.05, 4.69) is 15.9 Å². The Labute approximate surface area is 109 Å². The summed E-state index contributed by atoms with van der Waals surface area (Å²) in [5.74, 6) is -0.600. The second kappa shape index (κ2) is 6.27. The SMILES string of the molecule is O=S([O-])Cc1cc(F)ccc1Br.[Na+]. The quantitative estimate of drug-likeness (QED) is 0.511. The van der Waals surface area contributed by atoms with Gasteiger partial charge in [-0.2, -0.15) is 0 Å². The molecule has 1 aromatic carbocycles. The molecule has 0 amide bonds. The monoisotopic (exact) mass is 274 g/mol. The molecule has 0 saturated heterocycles. The van der Waals surface area contributed by atoms with Crippen LogP contribution in [-0.4, -0.2) is 8.76 Å². The summed E-state index contributed by atoms with van der Waals surface area (Å²) in [6.45, 7) is 0. The summed E-state index contributed by atoms with van der Waals surface area (Å²) in [5.41, 5.74) is 0.434. The average Bonchev–Trinajstić information content (AvgIpc) is 1.96. The fourth-order valence-corrected chi connectivity index (χ4v) is 1.85. The van der Waals surface area contributed by atoms with Gasteiger partial charge in [-0.1, -0.05) is 27.0 Å². The molecule has 0 saturated carbocycles. The summed E-state index contributed by atoms with van der Waals surface area (Å²) >= 11 is 0.937. The minimum atomic E-state index is -2.18. The summed E-state index contributed by atoms with van der Waals surface area (Å²) in [6.07, 6.45) is 0. The van der Waals surface area contributed by atoms with Gasteiger partial charge in [0.1, 0.15) is 5.82 Å². The van der Waals surface area contributed by atoms with Crippen LogP contribution < -0.4 is 29.6 Å². The van der Waals surface area contributed by atoms with Crippen molar-refractivity contribution in [1.82, 2.24) is 0 Å². The van der Waals surface area contributed by atoms with Gasteiger partial charge in [-0.15, -0.1) is 0 Å². The fraction of sp³-hybridized carbons (Fsp3) is 0.143. The van der Waals surface area contributed by atoms with Gasteiger partial charge in [0.15, 0.2) is 0 Å². The molecule has 0 spiro atoms. The van der Waals surface area contributed by atoms with E-state index in [1.165, 1.54) is 18.2 Å². The predicted octanol–water partition coefficient (Wildman–Crippen LogP) is -1.03. The second-order valence-electron chi connectivity index (χ2n) is 2.18. The Hall–Kier alpha value is 0.740. The first-order valence-corrected chi connectivity index (χ1v) is 5.13. The zero-order valence-electron chi connectivity index (χ0n) is 6.92. The third-order valence-corrected chi connectivity index (χ3v) is 2.60. The van der Waals surface area contributed by atoms with Crippen LogP contribution in [0.15, 0.2) is 22.7 Å². The van der Waals surface area contributed by atoms with Gasteiger partial charge in [-0.05, 0) is 23.8 Å². The van der Waals surface area contributed by atoms with E-state index in [-0.39, 0.29) is 35.3 Å². The van der Waals surface area contributed by atoms with Crippen LogP contribution in [0.25, 0.3) is 0 Å². The van der Waals surface area contributed by atoms with Crippen molar-refractivity contribution in [3.8, 4) is 0 Å². The summed E-state index contributed by atoms with van der Waals surface area (Å²) in [6, 6.07) is 3.94. The maximum Gasteiger partial charge on any atom is 1.00 e. The second-order valence-corrected chi connectivity index (χ2v) is 3.93. The van der Waals surface area contributed by atoms with E-state index in [4.69, 9.17) is 0 Å². The predicted molar refractivity (Wildman–Crippen MR) is 46.7 cm³/mol. The van der Waals surface area contributed by atoms with Gasteiger partial charge in [-0.25, -0.2) is 4.39 Å². The molecular formula is C7H5BrFNaO2S. The van der Waals surface area contributed by atoms with Gasteiger partial charge in [0.25, 0.3) is 0 Å². The van der Waals surface area contributed by atoms with Crippen LogP contribution in [-0.2, 0) is 16.8 Å². The standard InChI is InChI=1S/C7H6BrFO2S.Na/c8-7-2-1-6(9)3-5(7)4-12(10)11;/h1-3H,4H2,(H,10,11);/q;+1/p-1. The Balaban J connectivity index is 0.00000144. The normalized spacial score (nSPS) is 11.9. The molecule has 0 aromatic heterocycles. The molecule has 1 rings (SSSR count). The van der Waals surface area contributed by atoms with Crippen molar-refractivity contribution in [2.45, 2.75) is 5.75 Å². The number of hydrogen-bond donors (Lipinski definition) is 0. The molecular weight excluding hydrogens is 270 g/mol. The summed E-state index contributed by atoms with van der Waals surface area (Å²) < 4.78 is 33.8. The first-order valence-electron chi connectivity index (χ1n) is 3.09. The average molecular weight is 275 g/mol. The van der Waals surface area contributed by atoms with Crippen molar-refractivity contribution in [1.29, 1.82) is 0 Å². The fourth-order valence-electron chi connectivity index (χ4n) is 0.781. The van der Waals surface area contributed by atoms with Gasteiger partial charge in [0.2, 0.25) is 0 Å². The molecule has 6 heteroatoms. The van der Waals surface area contributed by atoms with E-state index in [0.717, 1.165) is 0 Å². The topological polar surface area (TPSA) is 40.1 Å². The smallest absolute Gasteiger partial charge is 0.772 e. The Morgan fingerprint density at radius 1 is 1.54 bits per heavy atom. The van der Waals surface area contributed by atoms with E-state index in [9.17, 15) is 13.2 Å². The first kappa shape index (κ1) is 13.7. The third kappa shape index (κ3) is 4.67. The van der Waals surface area contributed by atoms with Gasteiger partial charge >= 0.3 is 29.6 Å². The third-order valence-electron chi connectivity index (χ3n) is 1.28. The molecule has 0 heterocycles. The Kier molecular flexibility index (Phi) is 6.62. The first-order chi connectivity index (χ1) is 5.59. The van der Waals surface area contributed by atoms with Crippen molar-refractivity contribution in [2.75, 3.05) is 0 Å². The largest absolute Gasteiger partial charge is 1.00 e.